The van der Waals surface area contributed by atoms with Crippen LogP contribution in [0.5, 0.6) is 0 Å². The molecule has 0 bridgehead atoms. The molecular formula is C17H25NO3. The van der Waals surface area contributed by atoms with E-state index >= 15 is 0 Å². The Bertz CT molecular complexity index is 429. The summed E-state index contributed by atoms with van der Waals surface area (Å²) >= 11 is 0. The summed E-state index contributed by atoms with van der Waals surface area (Å²) in [6.45, 7) is 1.50. The van der Waals surface area contributed by atoms with Crippen LogP contribution in [-0.4, -0.2) is 30.4 Å². The zero-order valence-corrected chi connectivity index (χ0v) is 12.6. The molecule has 116 valence electrons. The third-order valence-electron chi connectivity index (χ3n) is 5.31. The number of ether oxygens (including phenoxy) is 2. The van der Waals surface area contributed by atoms with Gasteiger partial charge >= 0.3 is 0 Å². The molecule has 2 saturated carbocycles. The zero-order chi connectivity index (χ0) is 14.6. The Labute approximate surface area is 126 Å². The van der Waals surface area contributed by atoms with Crippen molar-refractivity contribution in [1.82, 2.24) is 0 Å². The first kappa shape index (κ1) is 14.9. The van der Waals surface area contributed by atoms with Crippen LogP contribution in [0.1, 0.15) is 57.8 Å². The van der Waals surface area contributed by atoms with E-state index in [1.807, 2.05) is 0 Å². The molecule has 3 aliphatic rings. The van der Waals surface area contributed by atoms with Crippen LogP contribution in [0.15, 0.2) is 5.16 Å². The molecule has 0 atom stereocenters. The molecule has 1 heterocycles. The van der Waals surface area contributed by atoms with Crippen molar-refractivity contribution in [3.63, 3.8) is 0 Å². The van der Waals surface area contributed by atoms with Crippen LogP contribution in [0.4, 0.5) is 0 Å². The fourth-order valence-corrected chi connectivity index (χ4v) is 3.91. The molecule has 21 heavy (non-hydrogen) atoms. The summed E-state index contributed by atoms with van der Waals surface area (Å²) in [5, 5.41) is 11.3. The Kier molecular flexibility index (Phi) is 4.51. The normalized spacial score (nSPS) is 26.9. The Morgan fingerprint density at radius 3 is 2.48 bits per heavy atom. The fraction of sp³-hybridized carbons (Fsp3) is 0.824. The largest absolute Gasteiger partial charge is 0.410 e. The van der Waals surface area contributed by atoms with Crippen LogP contribution in [0.3, 0.4) is 0 Å². The second-order valence-corrected chi connectivity index (χ2v) is 6.82. The summed E-state index contributed by atoms with van der Waals surface area (Å²) in [6, 6.07) is 0. The molecule has 1 aliphatic heterocycles. The smallest absolute Gasteiger partial charge is 0.168 e. The standard InChI is InChI=1S/C17H25NO3/c19-18-11-3-1-2-6-16(14-15-4-5-15)7-9-17(10-8-16)20-12-13-21-17/h11,15,19H,2,4-10,12-14H2/b18-11-. The van der Waals surface area contributed by atoms with E-state index < -0.39 is 0 Å². The summed E-state index contributed by atoms with van der Waals surface area (Å²) in [7, 11) is 0. The lowest BCUT2D eigenvalue weighted by Gasteiger charge is -2.44. The molecule has 1 spiro atoms. The van der Waals surface area contributed by atoms with Gasteiger partial charge < -0.3 is 14.7 Å². The van der Waals surface area contributed by atoms with Crippen LogP contribution in [0.2, 0.25) is 0 Å². The Balaban J connectivity index is 1.57. The number of rotatable bonds is 4. The lowest BCUT2D eigenvalue weighted by Crippen LogP contribution is -2.40. The molecule has 2 aliphatic carbocycles. The summed E-state index contributed by atoms with van der Waals surface area (Å²) < 4.78 is 11.7. The van der Waals surface area contributed by atoms with E-state index in [-0.39, 0.29) is 5.79 Å². The van der Waals surface area contributed by atoms with Crippen molar-refractivity contribution in [2.75, 3.05) is 13.2 Å². The third-order valence-corrected chi connectivity index (χ3v) is 5.31. The van der Waals surface area contributed by atoms with Gasteiger partial charge in [0.2, 0.25) is 0 Å². The first-order valence-corrected chi connectivity index (χ1v) is 8.18. The van der Waals surface area contributed by atoms with Gasteiger partial charge in [-0.05, 0) is 37.0 Å². The molecule has 0 aromatic heterocycles. The SMILES string of the molecule is O/N=C\C#CCCC1(CC2CC2)CCC2(CC1)OCCO2. The van der Waals surface area contributed by atoms with Crippen LogP contribution in [-0.2, 0) is 9.47 Å². The number of nitrogens with zero attached hydrogens (tertiary/aromatic N) is 1. The molecule has 3 fully saturated rings. The molecular weight excluding hydrogens is 266 g/mol. The molecule has 0 unspecified atom stereocenters. The minimum atomic E-state index is -0.262. The quantitative estimate of drug-likeness (QED) is 0.374. The van der Waals surface area contributed by atoms with Crippen LogP contribution in [0.25, 0.3) is 0 Å². The maximum Gasteiger partial charge on any atom is 0.168 e. The van der Waals surface area contributed by atoms with Crippen LogP contribution >= 0.6 is 0 Å². The van der Waals surface area contributed by atoms with E-state index in [1.54, 1.807) is 0 Å². The van der Waals surface area contributed by atoms with Crippen LogP contribution in [0, 0.1) is 23.2 Å². The molecule has 0 amide bonds. The third kappa shape index (κ3) is 3.78. The average molecular weight is 291 g/mol. The van der Waals surface area contributed by atoms with E-state index in [2.05, 4.69) is 17.0 Å². The average Bonchev–Trinajstić information content (AvgIpc) is 3.19. The molecule has 3 rings (SSSR count). The highest BCUT2D eigenvalue weighted by molar-refractivity contribution is 5.77. The van der Waals surface area contributed by atoms with Crippen molar-refractivity contribution in [3.05, 3.63) is 0 Å². The Morgan fingerprint density at radius 1 is 1.14 bits per heavy atom. The molecule has 4 heteroatoms. The first-order chi connectivity index (χ1) is 10.3. The minimum Gasteiger partial charge on any atom is -0.410 e. The highest BCUT2D eigenvalue weighted by Gasteiger charge is 2.47. The van der Waals surface area contributed by atoms with E-state index in [0.717, 1.165) is 44.8 Å². The van der Waals surface area contributed by atoms with Gasteiger partial charge in [-0.15, -0.1) is 0 Å². The van der Waals surface area contributed by atoms with Crippen molar-refractivity contribution in [2.24, 2.45) is 16.5 Å². The van der Waals surface area contributed by atoms with Gasteiger partial charge in [0, 0.05) is 19.3 Å². The van der Waals surface area contributed by atoms with E-state index in [1.165, 1.54) is 38.3 Å². The summed E-state index contributed by atoms with van der Waals surface area (Å²) in [5.41, 5.74) is 0.423. The second kappa shape index (κ2) is 6.37. The maximum atomic E-state index is 8.35. The van der Waals surface area contributed by atoms with Gasteiger partial charge in [0.05, 0.1) is 13.2 Å². The highest BCUT2D eigenvalue weighted by atomic mass is 16.7. The van der Waals surface area contributed by atoms with E-state index in [9.17, 15) is 0 Å². The molecule has 0 aromatic carbocycles. The first-order valence-electron chi connectivity index (χ1n) is 8.18. The molecule has 0 aromatic rings. The van der Waals surface area contributed by atoms with Gasteiger partial charge in [-0.3, -0.25) is 0 Å². The fourth-order valence-electron chi connectivity index (χ4n) is 3.91. The van der Waals surface area contributed by atoms with Crippen molar-refractivity contribution in [1.29, 1.82) is 0 Å². The van der Waals surface area contributed by atoms with E-state index in [0.29, 0.717) is 5.41 Å². The van der Waals surface area contributed by atoms with Crippen molar-refractivity contribution < 1.29 is 14.7 Å². The molecule has 4 nitrogen and oxygen atoms in total. The van der Waals surface area contributed by atoms with Crippen molar-refractivity contribution in [2.45, 2.75) is 63.6 Å². The lowest BCUT2D eigenvalue weighted by atomic mass is 9.66. The van der Waals surface area contributed by atoms with Gasteiger partial charge in [-0.1, -0.05) is 29.8 Å². The summed E-state index contributed by atoms with van der Waals surface area (Å²) in [5.74, 6) is 6.54. The van der Waals surface area contributed by atoms with Gasteiger partial charge in [0.1, 0.15) is 6.21 Å². The van der Waals surface area contributed by atoms with E-state index in [4.69, 9.17) is 14.7 Å². The van der Waals surface area contributed by atoms with Gasteiger partial charge in [0.25, 0.3) is 0 Å². The summed E-state index contributed by atoms with van der Waals surface area (Å²) in [6.07, 6.45) is 11.9. The highest BCUT2D eigenvalue weighted by Crippen LogP contribution is 2.53. The van der Waals surface area contributed by atoms with Crippen LogP contribution < -0.4 is 0 Å². The van der Waals surface area contributed by atoms with Gasteiger partial charge in [0.15, 0.2) is 5.79 Å². The number of hydrogen-bond acceptors (Lipinski definition) is 4. The zero-order valence-electron chi connectivity index (χ0n) is 12.6. The predicted octanol–water partition coefficient (Wildman–Crippen LogP) is 3.33. The van der Waals surface area contributed by atoms with Gasteiger partial charge in [-0.2, -0.15) is 0 Å². The predicted molar refractivity (Wildman–Crippen MR) is 80.2 cm³/mol. The molecule has 0 radical (unpaired) electrons. The van der Waals surface area contributed by atoms with Gasteiger partial charge in [-0.25, -0.2) is 0 Å². The topological polar surface area (TPSA) is 51.1 Å². The molecule has 1 saturated heterocycles. The Morgan fingerprint density at radius 2 is 1.86 bits per heavy atom. The van der Waals surface area contributed by atoms with Crippen molar-refractivity contribution >= 4 is 6.21 Å². The lowest BCUT2D eigenvalue weighted by molar-refractivity contribution is -0.193. The minimum absolute atomic E-state index is 0.262. The number of hydrogen-bond donors (Lipinski definition) is 1. The van der Waals surface area contributed by atoms with Crippen molar-refractivity contribution in [3.8, 4) is 11.8 Å². The summed E-state index contributed by atoms with van der Waals surface area (Å²) in [4.78, 5) is 0. The Hall–Kier alpha value is -1.05. The number of oxime groups is 1. The second-order valence-electron chi connectivity index (χ2n) is 6.82. The monoisotopic (exact) mass is 291 g/mol. The molecule has 1 N–H and O–H groups in total. The maximum absolute atomic E-state index is 8.35.